The van der Waals surface area contributed by atoms with Gasteiger partial charge in [0.15, 0.2) is 0 Å². The van der Waals surface area contributed by atoms with E-state index in [2.05, 4.69) is 38.9 Å². The fraction of sp³-hybridized carbons (Fsp3) is 0.750. The number of hydrogen-bond acceptors (Lipinski definition) is 4. The molecule has 29 heavy (non-hydrogen) atoms. The first-order chi connectivity index (χ1) is 14.2. The summed E-state index contributed by atoms with van der Waals surface area (Å²) in [5, 5.41) is 0. The van der Waals surface area contributed by atoms with Crippen molar-refractivity contribution in [3.05, 3.63) is 30.1 Å². The first-order valence-electron chi connectivity index (χ1n) is 11.8. The van der Waals surface area contributed by atoms with Crippen molar-refractivity contribution >= 4 is 5.91 Å². The highest BCUT2D eigenvalue weighted by Gasteiger charge is 2.34. The van der Waals surface area contributed by atoms with Crippen LogP contribution in [0.5, 0.6) is 0 Å². The number of nitrogens with zero attached hydrogens (tertiary/aromatic N) is 4. The van der Waals surface area contributed by atoms with Gasteiger partial charge in [0.2, 0.25) is 5.91 Å². The molecule has 3 fully saturated rings. The minimum Gasteiger partial charge on any atom is -0.342 e. The fourth-order valence-corrected chi connectivity index (χ4v) is 5.66. The van der Waals surface area contributed by atoms with Gasteiger partial charge in [-0.25, -0.2) is 0 Å². The van der Waals surface area contributed by atoms with E-state index in [1.54, 1.807) is 0 Å². The van der Waals surface area contributed by atoms with Crippen molar-refractivity contribution in [2.24, 2.45) is 5.92 Å². The number of carbonyl (C=O) groups is 1. The highest BCUT2D eigenvalue weighted by atomic mass is 16.2. The van der Waals surface area contributed by atoms with Crippen molar-refractivity contribution in [2.75, 3.05) is 33.2 Å². The lowest BCUT2D eigenvalue weighted by Gasteiger charge is -2.43. The van der Waals surface area contributed by atoms with Gasteiger partial charge in [0, 0.05) is 44.6 Å². The third-order valence-corrected chi connectivity index (χ3v) is 7.50. The summed E-state index contributed by atoms with van der Waals surface area (Å²) in [6, 6.07) is 5.38. The van der Waals surface area contributed by atoms with Crippen LogP contribution in [0.25, 0.3) is 0 Å². The molecular formula is C24H38N4O. The standard InChI is InChI=1S/C24H38N4O/c1-26(22-7-3-2-4-8-22)24(29)21-6-5-15-28(19-21)23-11-16-27(17-12-23)18-20-9-13-25-14-10-20/h9-10,13-14,21-23H,2-8,11-12,15-19H2,1H3/t21-/m1/s1. The molecule has 4 rings (SSSR count). The maximum absolute atomic E-state index is 13.2. The van der Waals surface area contributed by atoms with Crippen LogP contribution in [0.1, 0.15) is 63.4 Å². The summed E-state index contributed by atoms with van der Waals surface area (Å²) in [6.45, 7) is 5.49. The summed E-state index contributed by atoms with van der Waals surface area (Å²) in [5.41, 5.74) is 1.35. The van der Waals surface area contributed by atoms with Crippen molar-refractivity contribution < 1.29 is 4.79 Å². The van der Waals surface area contributed by atoms with E-state index >= 15 is 0 Å². The monoisotopic (exact) mass is 398 g/mol. The molecule has 1 aromatic heterocycles. The number of aromatic nitrogens is 1. The van der Waals surface area contributed by atoms with E-state index in [1.165, 1.54) is 63.5 Å². The van der Waals surface area contributed by atoms with Gasteiger partial charge in [-0.1, -0.05) is 19.3 Å². The molecule has 2 saturated heterocycles. The van der Waals surface area contributed by atoms with Gasteiger partial charge in [0.25, 0.3) is 0 Å². The molecule has 2 aliphatic heterocycles. The lowest BCUT2D eigenvalue weighted by atomic mass is 9.90. The Morgan fingerprint density at radius 2 is 1.72 bits per heavy atom. The zero-order valence-corrected chi connectivity index (χ0v) is 18.1. The van der Waals surface area contributed by atoms with Crippen LogP contribution >= 0.6 is 0 Å². The van der Waals surface area contributed by atoms with Crippen molar-refractivity contribution in [3.63, 3.8) is 0 Å². The van der Waals surface area contributed by atoms with Crippen LogP contribution < -0.4 is 0 Å². The highest BCUT2D eigenvalue weighted by Crippen LogP contribution is 2.28. The molecule has 0 radical (unpaired) electrons. The second-order valence-electron chi connectivity index (χ2n) is 9.44. The first-order valence-corrected chi connectivity index (χ1v) is 11.8. The summed E-state index contributed by atoms with van der Waals surface area (Å²) in [6.07, 6.45) is 14.8. The molecule has 1 aliphatic carbocycles. The Labute approximate surface area is 176 Å². The molecule has 0 spiro atoms. The molecule has 1 amide bonds. The largest absolute Gasteiger partial charge is 0.342 e. The SMILES string of the molecule is CN(C(=O)[C@@H]1CCCN(C2CCN(Cc3ccncc3)CC2)C1)C1CCCCC1. The van der Waals surface area contributed by atoms with E-state index in [9.17, 15) is 4.79 Å². The van der Waals surface area contributed by atoms with Gasteiger partial charge < -0.3 is 4.90 Å². The number of pyridine rings is 1. The fourth-order valence-electron chi connectivity index (χ4n) is 5.66. The Morgan fingerprint density at radius 3 is 2.45 bits per heavy atom. The van der Waals surface area contributed by atoms with E-state index in [-0.39, 0.29) is 5.92 Å². The Kier molecular flexibility index (Phi) is 7.20. The number of hydrogen-bond donors (Lipinski definition) is 0. The zero-order chi connectivity index (χ0) is 20.1. The maximum atomic E-state index is 13.2. The van der Waals surface area contributed by atoms with Crippen molar-refractivity contribution in [2.45, 2.75) is 76.4 Å². The van der Waals surface area contributed by atoms with Gasteiger partial charge >= 0.3 is 0 Å². The second kappa shape index (κ2) is 10.0. The predicted octanol–water partition coefficient (Wildman–Crippen LogP) is 3.55. The van der Waals surface area contributed by atoms with Crippen LogP contribution in [0.4, 0.5) is 0 Å². The van der Waals surface area contributed by atoms with E-state index < -0.39 is 0 Å². The average Bonchev–Trinajstić information content (AvgIpc) is 2.80. The van der Waals surface area contributed by atoms with E-state index in [1.807, 2.05) is 12.4 Å². The summed E-state index contributed by atoms with van der Waals surface area (Å²) in [5.74, 6) is 0.627. The molecular weight excluding hydrogens is 360 g/mol. The van der Waals surface area contributed by atoms with Crippen LogP contribution in [0.3, 0.4) is 0 Å². The quantitative estimate of drug-likeness (QED) is 0.760. The van der Waals surface area contributed by atoms with Gasteiger partial charge in [-0.15, -0.1) is 0 Å². The molecule has 1 aromatic rings. The average molecular weight is 399 g/mol. The smallest absolute Gasteiger partial charge is 0.226 e. The van der Waals surface area contributed by atoms with Crippen LogP contribution in [-0.4, -0.2) is 70.9 Å². The summed E-state index contributed by atoms with van der Waals surface area (Å²) in [7, 11) is 2.06. The number of rotatable bonds is 5. The number of amides is 1. The normalized spacial score (nSPS) is 25.8. The van der Waals surface area contributed by atoms with E-state index in [0.717, 1.165) is 32.6 Å². The number of likely N-dealkylation sites (tertiary alicyclic amines) is 2. The van der Waals surface area contributed by atoms with E-state index in [0.29, 0.717) is 18.0 Å². The Bertz CT molecular complexity index is 638. The molecule has 3 aliphatic rings. The molecule has 160 valence electrons. The second-order valence-corrected chi connectivity index (χ2v) is 9.44. The van der Waals surface area contributed by atoms with Crippen molar-refractivity contribution in [3.8, 4) is 0 Å². The van der Waals surface area contributed by atoms with Gasteiger partial charge in [0.1, 0.15) is 0 Å². The third-order valence-electron chi connectivity index (χ3n) is 7.50. The van der Waals surface area contributed by atoms with Crippen molar-refractivity contribution in [1.29, 1.82) is 0 Å². The van der Waals surface area contributed by atoms with Gasteiger partial charge in [-0.3, -0.25) is 19.6 Å². The van der Waals surface area contributed by atoms with Gasteiger partial charge in [-0.05, 0) is 75.9 Å². The highest BCUT2D eigenvalue weighted by molar-refractivity contribution is 5.79. The van der Waals surface area contributed by atoms with Crippen molar-refractivity contribution in [1.82, 2.24) is 19.7 Å². The summed E-state index contributed by atoms with van der Waals surface area (Å²) in [4.78, 5) is 24.6. The minimum absolute atomic E-state index is 0.213. The predicted molar refractivity (Wildman–Crippen MR) is 116 cm³/mol. The molecule has 1 atom stereocenters. The van der Waals surface area contributed by atoms with Gasteiger partial charge in [0.05, 0.1) is 5.92 Å². The zero-order valence-electron chi connectivity index (χ0n) is 18.1. The Morgan fingerprint density at radius 1 is 1.00 bits per heavy atom. The number of piperidine rings is 2. The maximum Gasteiger partial charge on any atom is 0.226 e. The lowest BCUT2D eigenvalue weighted by molar-refractivity contribution is -0.139. The molecule has 1 saturated carbocycles. The summed E-state index contributed by atoms with van der Waals surface area (Å²) < 4.78 is 0. The minimum atomic E-state index is 0.213. The Hall–Kier alpha value is -1.46. The first kappa shape index (κ1) is 20.8. The van der Waals surface area contributed by atoms with Crippen LogP contribution in [0.15, 0.2) is 24.5 Å². The van der Waals surface area contributed by atoms with Crippen LogP contribution in [0, 0.1) is 5.92 Å². The van der Waals surface area contributed by atoms with Gasteiger partial charge in [-0.2, -0.15) is 0 Å². The molecule has 5 nitrogen and oxygen atoms in total. The molecule has 0 unspecified atom stereocenters. The topological polar surface area (TPSA) is 39.7 Å². The van der Waals surface area contributed by atoms with Crippen LogP contribution in [-0.2, 0) is 11.3 Å². The van der Waals surface area contributed by atoms with Crippen LogP contribution in [0.2, 0.25) is 0 Å². The molecule has 5 heteroatoms. The van der Waals surface area contributed by atoms with E-state index in [4.69, 9.17) is 0 Å². The molecule has 0 aromatic carbocycles. The molecule has 3 heterocycles. The Balaban J connectivity index is 1.26. The molecule has 0 N–H and O–H groups in total. The third kappa shape index (κ3) is 5.37. The number of carbonyl (C=O) groups excluding carboxylic acids is 1. The lowest BCUT2D eigenvalue weighted by Crippen LogP contribution is -2.52. The summed E-state index contributed by atoms with van der Waals surface area (Å²) >= 11 is 0. The molecule has 0 bridgehead atoms.